The summed E-state index contributed by atoms with van der Waals surface area (Å²) in [6.07, 6.45) is 0. The second kappa shape index (κ2) is 6.85. The van der Waals surface area contributed by atoms with Crippen molar-refractivity contribution in [1.82, 2.24) is 4.48 Å². The highest BCUT2D eigenvalue weighted by atomic mass is 32.2. The molecule has 0 spiro atoms. The van der Waals surface area contributed by atoms with Gasteiger partial charge in [-0.05, 0) is 31.2 Å². The Bertz CT molecular complexity index is 657. The molecule has 0 bridgehead atoms. The standard InChI is InChI=1S/C9H14N.C7H8O3S/c1-10(2,3)9-7-5-4-6-8-9;1-6-2-4-7(5-3-6)11(8,9)10/h4-8H,1-3H3;2-5H,1H3,(H,8,9,10)/q+1;. The lowest BCUT2D eigenvalue weighted by molar-refractivity contribution is 0.483. The SMILES string of the molecule is C[N+](C)(C)c1ccccc1.Cc1ccc(S(=O)(=O)O)cc1. The highest BCUT2D eigenvalue weighted by molar-refractivity contribution is 7.85. The minimum absolute atomic E-state index is 0.0666. The summed E-state index contributed by atoms with van der Waals surface area (Å²) in [6.45, 7) is 1.84. The zero-order valence-corrected chi connectivity index (χ0v) is 13.6. The third-order valence-corrected chi connectivity index (χ3v) is 3.72. The molecule has 0 saturated heterocycles. The molecule has 0 atom stereocenters. The number of hydrogen-bond acceptors (Lipinski definition) is 2. The van der Waals surface area contributed by atoms with Crippen LogP contribution in [0.5, 0.6) is 0 Å². The average Bonchev–Trinajstić information content (AvgIpc) is 2.39. The summed E-state index contributed by atoms with van der Waals surface area (Å²) in [5.41, 5.74) is 2.29. The van der Waals surface area contributed by atoms with Crippen LogP contribution in [0.1, 0.15) is 5.56 Å². The maximum Gasteiger partial charge on any atom is 0.294 e. The molecule has 0 unspecified atom stereocenters. The summed E-state index contributed by atoms with van der Waals surface area (Å²) in [5, 5.41) is 0. The molecule has 4 nitrogen and oxygen atoms in total. The minimum Gasteiger partial charge on any atom is -0.298 e. The number of nitrogens with zero attached hydrogens (tertiary/aromatic N) is 1. The second-order valence-corrected chi connectivity index (χ2v) is 7.06. The Morgan fingerprint density at radius 3 is 1.67 bits per heavy atom. The van der Waals surface area contributed by atoms with Gasteiger partial charge in [0.1, 0.15) is 5.69 Å². The topological polar surface area (TPSA) is 54.4 Å². The predicted molar refractivity (Wildman–Crippen MR) is 87.0 cm³/mol. The van der Waals surface area contributed by atoms with Crippen LogP contribution in [0, 0.1) is 6.92 Å². The fourth-order valence-corrected chi connectivity index (χ4v) is 2.07. The molecule has 5 heteroatoms. The number of para-hydroxylation sites is 1. The average molecular weight is 308 g/mol. The van der Waals surface area contributed by atoms with Crippen molar-refractivity contribution in [1.29, 1.82) is 0 Å². The molecule has 0 aliphatic rings. The largest absolute Gasteiger partial charge is 0.298 e. The van der Waals surface area contributed by atoms with Crippen LogP contribution in [-0.2, 0) is 10.1 Å². The molecule has 114 valence electrons. The van der Waals surface area contributed by atoms with Gasteiger partial charge in [-0.1, -0.05) is 35.9 Å². The van der Waals surface area contributed by atoms with E-state index in [9.17, 15) is 8.42 Å². The highest BCUT2D eigenvalue weighted by Crippen LogP contribution is 2.14. The zero-order chi connectivity index (χ0) is 16.1. The Balaban J connectivity index is 0.000000211. The molecule has 0 aliphatic heterocycles. The van der Waals surface area contributed by atoms with Gasteiger partial charge in [0, 0.05) is 0 Å². The van der Waals surface area contributed by atoms with Crippen molar-refractivity contribution in [3.8, 4) is 0 Å². The Hall–Kier alpha value is -1.69. The molecular formula is C16H22NO3S+. The summed E-state index contributed by atoms with van der Waals surface area (Å²) >= 11 is 0. The van der Waals surface area contributed by atoms with Crippen molar-refractivity contribution in [2.45, 2.75) is 11.8 Å². The molecule has 0 aliphatic carbocycles. The molecule has 1 N–H and O–H groups in total. The van der Waals surface area contributed by atoms with E-state index >= 15 is 0 Å². The van der Waals surface area contributed by atoms with E-state index < -0.39 is 10.1 Å². The van der Waals surface area contributed by atoms with Gasteiger partial charge in [-0.15, -0.1) is 0 Å². The smallest absolute Gasteiger partial charge is 0.294 e. The molecule has 2 aromatic rings. The summed E-state index contributed by atoms with van der Waals surface area (Å²) in [4.78, 5) is -0.0666. The van der Waals surface area contributed by atoms with Crippen molar-refractivity contribution >= 4 is 15.8 Å². The molecule has 0 heterocycles. The van der Waals surface area contributed by atoms with Gasteiger partial charge in [0.2, 0.25) is 0 Å². The number of benzene rings is 2. The normalized spacial score (nSPS) is 11.5. The van der Waals surface area contributed by atoms with Gasteiger partial charge in [-0.3, -0.25) is 9.04 Å². The first kappa shape index (κ1) is 17.4. The first-order valence-electron chi connectivity index (χ1n) is 6.52. The summed E-state index contributed by atoms with van der Waals surface area (Å²) < 4.78 is 30.4. The van der Waals surface area contributed by atoms with Crippen LogP contribution in [0.2, 0.25) is 0 Å². The summed E-state index contributed by atoms with van der Waals surface area (Å²) in [5.74, 6) is 0. The molecule has 0 amide bonds. The quantitative estimate of drug-likeness (QED) is 0.685. The highest BCUT2D eigenvalue weighted by Gasteiger charge is 2.09. The lowest BCUT2D eigenvalue weighted by Gasteiger charge is -2.22. The van der Waals surface area contributed by atoms with E-state index in [2.05, 4.69) is 45.4 Å². The molecular weight excluding hydrogens is 286 g/mol. The number of aryl methyl sites for hydroxylation is 1. The van der Waals surface area contributed by atoms with E-state index in [0.29, 0.717) is 0 Å². The number of hydrogen-bond donors (Lipinski definition) is 1. The van der Waals surface area contributed by atoms with Crippen molar-refractivity contribution in [3.05, 3.63) is 60.2 Å². The van der Waals surface area contributed by atoms with Crippen molar-refractivity contribution in [3.63, 3.8) is 0 Å². The van der Waals surface area contributed by atoms with Gasteiger partial charge in [0.25, 0.3) is 10.1 Å². The Labute approximate surface area is 127 Å². The predicted octanol–water partition coefficient (Wildman–Crippen LogP) is 3.13. The van der Waals surface area contributed by atoms with Crippen molar-refractivity contribution in [2.75, 3.05) is 21.1 Å². The van der Waals surface area contributed by atoms with E-state index in [1.165, 1.54) is 17.8 Å². The van der Waals surface area contributed by atoms with Crippen LogP contribution in [-0.4, -0.2) is 34.1 Å². The lowest BCUT2D eigenvalue weighted by atomic mass is 10.2. The molecule has 0 radical (unpaired) electrons. The summed E-state index contributed by atoms with van der Waals surface area (Å²) in [6, 6.07) is 16.4. The van der Waals surface area contributed by atoms with Crippen LogP contribution in [0.3, 0.4) is 0 Å². The van der Waals surface area contributed by atoms with E-state index in [4.69, 9.17) is 4.55 Å². The molecule has 0 saturated carbocycles. The van der Waals surface area contributed by atoms with Crippen LogP contribution >= 0.6 is 0 Å². The van der Waals surface area contributed by atoms with Crippen molar-refractivity contribution in [2.24, 2.45) is 0 Å². The Morgan fingerprint density at radius 2 is 1.33 bits per heavy atom. The lowest BCUT2D eigenvalue weighted by Crippen LogP contribution is -2.34. The monoisotopic (exact) mass is 308 g/mol. The molecule has 0 fully saturated rings. The number of quaternary nitrogens is 1. The maximum absolute atomic E-state index is 10.5. The van der Waals surface area contributed by atoms with Gasteiger partial charge in [0.15, 0.2) is 0 Å². The van der Waals surface area contributed by atoms with E-state index in [1.54, 1.807) is 12.1 Å². The third kappa shape index (κ3) is 6.08. The Morgan fingerprint density at radius 1 is 0.857 bits per heavy atom. The fraction of sp³-hybridized carbons (Fsp3) is 0.250. The van der Waals surface area contributed by atoms with Crippen LogP contribution in [0.4, 0.5) is 5.69 Å². The maximum atomic E-state index is 10.5. The van der Waals surface area contributed by atoms with E-state index in [1.807, 2.05) is 13.0 Å². The number of rotatable bonds is 2. The third-order valence-electron chi connectivity index (χ3n) is 2.85. The van der Waals surface area contributed by atoms with Crippen LogP contribution < -0.4 is 4.48 Å². The molecule has 21 heavy (non-hydrogen) atoms. The fourth-order valence-electron chi connectivity index (χ4n) is 1.59. The molecule has 2 aromatic carbocycles. The van der Waals surface area contributed by atoms with E-state index in [0.717, 1.165) is 10.0 Å². The van der Waals surface area contributed by atoms with Gasteiger partial charge in [-0.2, -0.15) is 8.42 Å². The van der Waals surface area contributed by atoms with Gasteiger partial charge in [-0.25, -0.2) is 0 Å². The first-order valence-corrected chi connectivity index (χ1v) is 7.96. The van der Waals surface area contributed by atoms with Gasteiger partial charge in [0.05, 0.1) is 26.0 Å². The van der Waals surface area contributed by atoms with Crippen LogP contribution in [0.15, 0.2) is 59.5 Å². The zero-order valence-electron chi connectivity index (χ0n) is 12.8. The van der Waals surface area contributed by atoms with Crippen LogP contribution in [0.25, 0.3) is 0 Å². The molecule has 0 aromatic heterocycles. The van der Waals surface area contributed by atoms with Crippen molar-refractivity contribution < 1.29 is 13.0 Å². The molecule has 2 rings (SSSR count). The second-order valence-electron chi connectivity index (χ2n) is 5.64. The van der Waals surface area contributed by atoms with E-state index in [-0.39, 0.29) is 4.90 Å². The first-order chi connectivity index (χ1) is 9.60. The summed E-state index contributed by atoms with van der Waals surface area (Å²) in [7, 11) is 2.47. The Kier molecular flexibility index (Phi) is 5.66. The van der Waals surface area contributed by atoms with Gasteiger partial charge < -0.3 is 0 Å². The minimum atomic E-state index is -4.02. The van der Waals surface area contributed by atoms with Gasteiger partial charge >= 0.3 is 0 Å².